The van der Waals surface area contributed by atoms with Gasteiger partial charge in [-0.3, -0.25) is 4.98 Å². The smallest absolute Gasteiger partial charge is 0.131 e. The first-order valence-electron chi connectivity index (χ1n) is 3.36. The standard InChI is InChI=1S/C9H9NO/c1-2-8(7-11)9-4-3-5-10-6-9/h2-8H,1H2. The number of hydrogen-bond acceptors (Lipinski definition) is 2. The summed E-state index contributed by atoms with van der Waals surface area (Å²) in [6.07, 6.45) is 5.79. The Labute approximate surface area is 65.6 Å². The van der Waals surface area contributed by atoms with Gasteiger partial charge < -0.3 is 4.79 Å². The van der Waals surface area contributed by atoms with Crippen molar-refractivity contribution in [3.63, 3.8) is 0 Å². The van der Waals surface area contributed by atoms with E-state index in [1.807, 2.05) is 6.07 Å². The number of hydrogen-bond donors (Lipinski definition) is 0. The van der Waals surface area contributed by atoms with E-state index >= 15 is 0 Å². The van der Waals surface area contributed by atoms with Crippen LogP contribution in [0.25, 0.3) is 0 Å². The van der Waals surface area contributed by atoms with Crippen molar-refractivity contribution in [2.24, 2.45) is 0 Å². The molecule has 11 heavy (non-hydrogen) atoms. The summed E-state index contributed by atoms with van der Waals surface area (Å²) >= 11 is 0. The molecular formula is C9H9NO. The Morgan fingerprint density at radius 1 is 1.64 bits per heavy atom. The number of rotatable bonds is 3. The molecule has 0 saturated heterocycles. The molecule has 2 heteroatoms. The Balaban J connectivity index is 2.90. The molecule has 0 fully saturated rings. The third-order valence-corrected chi connectivity index (χ3v) is 1.47. The summed E-state index contributed by atoms with van der Waals surface area (Å²) in [5, 5.41) is 0. The second-order valence-electron chi connectivity index (χ2n) is 2.18. The van der Waals surface area contributed by atoms with Gasteiger partial charge in [0, 0.05) is 12.4 Å². The maximum atomic E-state index is 10.4. The van der Waals surface area contributed by atoms with Crippen LogP contribution in [0.4, 0.5) is 0 Å². The molecule has 0 N–H and O–H groups in total. The minimum absolute atomic E-state index is 0.219. The van der Waals surface area contributed by atoms with Crippen LogP contribution in [0.5, 0.6) is 0 Å². The Morgan fingerprint density at radius 2 is 2.45 bits per heavy atom. The van der Waals surface area contributed by atoms with Crippen LogP contribution >= 0.6 is 0 Å². The van der Waals surface area contributed by atoms with E-state index in [2.05, 4.69) is 11.6 Å². The topological polar surface area (TPSA) is 30.0 Å². The lowest BCUT2D eigenvalue weighted by atomic mass is 10.0. The van der Waals surface area contributed by atoms with Gasteiger partial charge in [0.15, 0.2) is 0 Å². The quantitative estimate of drug-likeness (QED) is 0.479. The normalized spacial score (nSPS) is 12.0. The Morgan fingerprint density at radius 3 is 2.91 bits per heavy atom. The van der Waals surface area contributed by atoms with Gasteiger partial charge in [0.2, 0.25) is 0 Å². The molecule has 56 valence electrons. The molecule has 0 aromatic carbocycles. The van der Waals surface area contributed by atoms with Crippen LogP contribution in [0, 0.1) is 0 Å². The fraction of sp³-hybridized carbons (Fsp3) is 0.111. The SMILES string of the molecule is C=CC(C=O)c1cccnc1. The van der Waals surface area contributed by atoms with Crippen molar-refractivity contribution in [1.82, 2.24) is 4.98 Å². The van der Waals surface area contributed by atoms with E-state index < -0.39 is 0 Å². The first kappa shape index (κ1) is 7.66. The van der Waals surface area contributed by atoms with Gasteiger partial charge >= 0.3 is 0 Å². The minimum atomic E-state index is -0.219. The van der Waals surface area contributed by atoms with Crippen LogP contribution in [-0.2, 0) is 4.79 Å². The summed E-state index contributed by atoms with van der Waals surface area (Å²) in [5.74, 6) is -0.219. The predicted octanol–water partition coefficient (Wildman–Crippen LogP) is 1.55. The number of carbonyl (C=O) groups excluding carboxylic acids is 1. The third kappa shape index (κ3) is 1.74. The molecule has 0 aliphatic rings. The third-order valence-electron chi connectivity index (χ3n) is 1.47. The zero-order valence-corrected chi connectivity index (χ0v) is 6.10. The van der Waals surface area contributed by atoms with Crippen LogP contribution in [0.3, 0.4) is 0 Å². The lowest BCUT2D eigenvalue weighted by Gasteiger charge is -2.01. The molecule has 1 unspecified atom stereocenters. The summed E-state index contributed by atoms with van der Waals surface area (Å²) in [6, 6.07) is 3.66. The monoisotopic (exact) mass is 147 g/mol. The van der Waals surface area contributed by atoms with Crippen LogP contribution < -0.4 is 0 Å². The van der Waals surface area contributed by atoms with E-state index in [1.54, 1.807) is 24.5 Å². The molecule has 0 spiro atoms. The Bertz CT molecular complexity index is 235. The summed E-state index contributed by atoms with van der Waals surface area (Å²) in [7, 11) is 0. The zero-order chi connectivity index (χ0) is 8.10. The number of nitrogens with zero attached hydrogens (tertiary/aromatic N) is 1. The lowest BCUT2D eigenvalue weighted by molar-refractivity contribution is -0.108. The molecule has 1 aromatic heterocycles. The summed E-state index contributed by atoms with van der Waals surface area (Å²) in [4.78, 5) is 14.3. The van der Waals surface area contributed by atoms with Crippen LogP contribution in [0.1, 0.15) is 11.5 Å². The first-order valence-corrected chi connectivity index (χ1v) is 3.36. The van der Waals surface area contributed by atoms with E-state index in [0.717, 1.165) is 11.8 Å². The molecule has 0 saturated carbocycles. The number of pyridine rings is 1. The van der Waals surface area contributed by atoms with Gasteiger partial charge in [-0.15, -0.1) is 6.58 Å². The van der Waals surface area contributed by atoms with Gasteiger partial charge in [0.1, 0.15) is 6.29 Å². The molecule has 1 aromatic rings. The molecule has 0 aliphatic carbocycles. The van der Waals surface area contributed by atoms with Crippen molar-refractivity contribution in [3.8, 4) is 0 Å². The van der Waals surface area contributed by atoms with Crippen molar-refractivity contribution >= 4 is 6.29 Å². The number of aromatic nitrogens is 1. The molecule has 0 bridgehead atoms. The first-order chi connectivity index (χ1) is 5.38. The minimum Gasteiger partial charge on any atom is -0.302 e. The summed E-state index contributed by atoms with van der Waals surface area (Å²) in [5.41, 5.74) is 0.887. The van der Waals surface area contributed by atoms with E-state index in [0.29, 0.717) is 0 Å². The van der Waals surface area contributed by atoms with E-state index in [9.17, 15) is 4.79 Å². The molecule has 0 aliphatic heterocycles. The summed E-state index contributed by atoms with van der Waals surface area (Å²) < 4.78 is 0. The lowest BCUT2D eigenvalue weighted by Crippen LogP contribution is -1.95. The van der Waals surface area contributed by atoms with Crippen molar-refractivity contribution in [2.45, 2.75) is 5.92 Å². The van der Waals surface area contributed by atoms with E-state index in [-0.39, 0.29) is 5.92 Å². The Kier molecular flexibility index (Phi) is 2.55. The number of aldehydes is 1. The fourth-order valence-electron chi connectivity index (χ4n) is 0.843. The molecule has 1 atom stereocenters. The molecule has 2 nitrogen and oxygen atoms in total. The largest absolute Gasteiger partial charge is 0.302 e. The number of carbonyl (C=O) groups is 1. The average Bonchev–Trinajstić information content (AvgIpc) is 2.09. The van der Waals surface area contributed by atoms with Gasteiger partial charge in [-0.25, -0.2) is 0 Å². The highest BCUT2D eigenvalue weighted by Gasteiger charge is 2.03. The second-order valence-corrected chi connectivity index (χ2v) is 2.18. The van der Waals surface area contributed by atoms with E-state index in [4.69, 9.17) is 0 Å². The van der Waals surface area contributed by atoms with E-state index in [1.165, 1.54) is 0 Å². The van der Waals surface area contributed by atoms with Crippen LogP contribution in [0.15, 0.2) is 37.2 Å². The van der Waals surface area contributed by atoms with Gasteiger partial charge in [-0.1, -0.05) is 12.1 Å². The highest BCUT2D eigenvalue weighted by Crippen LogP contribution is 2.11. The van der Waals surface area contributed by atoms with Gasteiger partial charge in [0.25, 0.3) is 0 Å². The summed E-state index contributed by atoms with van der Waals surface area (Å²) in [6.45, 7) is 3.55. The van der Waals surface area contributed by atoms with Crippen LogP contribution in [0.2, 0.25) is 0 Å². The maximum Gasteiger partial charge on any atom is 0.131 e. The highest BCUT2D eigenvalue weighted by atomic mass is 16.1. The van der Waals surface area contributed by atoms with Gasteiger partial charge in [-0.05, 0) is 11.6 Å². The fourth-order valence-corrected chi connectivity index (χ4v) is 0.843. The molecule has 1 heterocycles. The van der Waals surface area contributed by atoms with Crippen LogP contribution in [-0.4, -0.2) is 11.3 Å². The number of allylic oxidation sites excluding steroid dienone is 1. The van der Waals surface area contributed by atoms with Crippen molar-refractivity contribution < 1.29 is 4.79 Å². The highest BCUT2D eigenvalue weighted by molar-refractivity contribution is 5.64. The molecule has 0 amide bonds. The average molecular weight is 147 g/mol. The molecule has 1 rings (SSSR count). The second kappa shape index (κ2) is 3.66. The zero-order valence-electron chi connectivity index (χ0n) is 6.10. The van der Waals surface area contributed by atoms with Crippen molar-refractivity contribution in [2.75, 3.05) is 0 Å². The van der Waals surface area contributed by atoms with Gasteiger partial charge in [0.05, 0.1) is 5.92 Å². The van der Waals surface area contributed by atoms with Crippen molar-refractivity contribution in [1.29, 1.82) is 0 Å². The molecular weight excluding hydrogens is 138 g/mol. The van der Waals surface area contributed by atoms with Gasteiger partial charge in [-0.2, -0.15) is 0 Å². The molecule has 0 radical (unpaired) electrons. The Hall–Kier alpha value is -1.44. The maximum absolute atomic E-state index is 10.4. The van der Waals surface area contributed by atoms with Crippen molar-refractivity contribution in [3.05, 3.63) is 42.7 Å². The predicted molar refractivity (Wildman–Crippen MR) is 43.2 cm³/mol.